The van der Waals surface area contributed by atoms with Crippen LogP contribution in [0.1, 0.15) is 42.9 Å². The number of fused-ring (bicyclic) bond motifs is 1. The summed E-state index contributed by atoms with van der Waals surface area (Å²) in [6.07, 6.45) is 4.75. The van der Waals surface area contributed by atoms with Crippen molar-refractivity contribution in [1.82, 2.24) is 4.90 Å². The second-order valence-corrected chi connectivity index (χ2v) is 7.73. The van der Waals surface area contributed by atoms with Gasteiger partial charge in [-0.3, -0.25) is 4.90 Å². The van der Waals surface area contributed by atoms with Crippen molar-refractivity contribution < 1.29 is 9.84 Å². The summed E-state index contributed by atoms with van der Waals surface area (Å²) in [6.45, 7) is 2.23. The van der Waals surface area contributed by atoms with Gasteiger partial charge in [-0.05, 0) is 42.9 Å². The average Bonchev–Trinajstić information content (AvgIpc) is 3.29. The minimum Gasteiger partial charge on any atom is -0.389 e. The van der Waals surface area contributed by atoms with E-state index in [9.17, 15) is 5.11 Å². The largest absolute Gasteiger partial charge is 0.389 e. The molecule has 1 heterocycles. The van der Waals surface area contributed by atoms with Crippen LogP contribution in [-0.2, 0) is 4.74 Å². The van der Waals surface area contributed by atoms with Gasteiger partial charge >= 0.3 is 0 Å². The monoisotopic (exact) mass is 479 g/mol. The highest BCUT2D eigenvalue weighted by Gasteiger charge is 2.37. The van der Waals surface area contributed by atoms with Crippen molar-refractivity contribution in [1.29, 1.82) is 0 Å². The summed E-state index contributed by atoms with van der Waals surface area (Å²) in [5.41, 5.74) is 2.26. The van der Waals surface area contributed by atoms with Gasteiger partial charge in [0, 0.05) is 12.6 Å². The van der Waals surface area contributed by atoms with E-state index in [4.69, 9.17) is 4.74 Å². The van der Waals surface area contributed by atoms with Crippen LogP contribution >= 0.6 is 24.0 Å². The van der Waals surface area contributed by atoms with Crippen molar-refractivity contribution in [2.24, 2.45) is 5.92 Å². The van der Waals surface area contributed by atoms with Crippen LogP contribution in [-0.4, -0.2) is 41.8 Å². The summed E-state index contributed by atoms with van der Waals surface area (Å²) in [6, 6.07) is 21.2. The van der Waals surface area contributed by atoms with Gasteiger partial charge in [-0.25, -0.2) is 0 Å². The van der Waals surface area contributed by atoms with Crippen LogP contribution in [0.5, 0.6) is 0 Å². The zero-order chi connectivity index (χ0) is 17.8. The Morgan fingerprint density at radius 1 is 0.926 bits per heavy atom. The Bertz CT molecular complexity index is 642. The van der Waals surface area contributed by atoms with Gasteiger partial charge in [0.2, 0.25) is 0 Å². The minimum atomic E-state index is -0.440. The quantitative estimate of drug-likeness (QED) is 0.588. The highest BCUT2D eigenvalue weighted by Crippen LogP contribution is 2.37. The average molecular weight is 479 g/mol. The van der Waals surface area contributed by atoms with E-state index in [1.807, 2.05) is 36.4 Å². The Labute approximate surface area is 179 Å². The van der Waals surface area contributed by atoms with E-state index >= 15 is 0 Å². The van der Waals surface area contributed by atoms with Crippen LogP contribution in [0.15, 0.2) is 60.7 Å². The van der Waals surface area contributed by atoms with E-state index in [0.717, 1.165) is 30.1 Å². The molecule has 2 fully saturated rings. The lowest BCUT2D eigenvalue weighted by atomic mass is 10.0. The van der Waals surface area contributed by atoms with Crippen molar-refractivity contribution in [2.45, 2.75) is 43.9 Å². The molecule has 0 spiro atoms. The van der Waals surface area contributed by atoms with Gasteiger partial charge < -0.3 is 9.84 Å². The molecule has 1 aliphatic carbocycles. The zero-order valence-electron chi connectivity index (χ0n) is 15.7. The molecular formula is C23H30INO2. The van der Waals surface area contributed by atoms with E-state index in [0.29, 0.717) is 12.6 Å². The van der Waals surface area contributed by atoms with Crippen LogP contribution in [0.3, 0.4) is 0 Å². The van der Waals surface area contributed by atoms with Crippen LogP contribution in [0.4, 0.5) is 0 Å². The lowest BCUT2D eigenvalue weighted by Crippen LogP contribution is -2.38. The smallest absolute Gasteiger partial charge is 0.108 e. The van der Waals surface area contributed by atoms with Gasteiger partial charge in [-0.1, -0.05) is 67.1 Å². The van der Waals surface area contributed by atoms with Crippen LogP contribution in [0, 0.1) is 5.92 Å². The van der Waals surface area contributed by atoms with Crippen molar-refractivity contribution in [3.05, 3.63) is 71.8 Å². The number of nitrogens with zero attached hydrogens (tertiary/aromatic N) is 1. The second kappa shape index (κ2) is 10.0. The molecule has 1 aliphatic heterocycles. The van der Waals surface area contributed by atoms with Crippen molar-refractivity contribution in [2.75, 3.05) is 19.7 Å². The number of halogens is 1. The Balaban J connectivity index is 0.00000210. The summed E-state index contributed by atoms with van der Waals surface area (Å²) in [7, 11) is 0. The lowest BCUT2D eigenvalue weighted by Gasteiger charge is -2.27. The molecule has 4 rings (SSSR count). The minimum absolute atomic E-state index is 0. The first kappa shape index (κ1) is 20.8. The van der Waals surface area contributed by atoms with E-state index in [1.165, 1.54) is 25.7 Å². The third kappa shape index (κ3) is 5.11. The third-order valence-electron chi connectivity index (χ3n) is 5.98. The van der Waals surface area contributed by atoms with Crippen LogP contribution in [0.2, 0.25) is 0 Å². The van der Waals surface area contributed by atoms with Gasteiger partial charge in [0.1, 0.15) is 6.10 Å². The molecule has 1 saturated heterocycles. The summed E-state index contributed by atoms with van der Waals surface area (Å²) >= 11 is 0. The lowest BCUT2D eigenvalue weighted by molar-refractivity contribution is -0.0104. The molecule has 27 heavy (non-hydrogen) atoms. The predicted octanol–water partition coefficient (Wildman–Crippen LogP) is 4.65. The first-order valence-electron chi connectivity index (χ1n) is 9.95. The first-order chi connectivity index (χ1) is 12.8. The SMILES string of the molecule is I.OC(COC(c1ccccc1)c1ccccc1)CN1CCC2CCCC21. The summed E-state index contributed by atoms with van der Waals surface area (Å²) in [5.74, 6) is 0.865. The predicted molar refractivity (Wildman–Crippen MR) is 119 cm³/mol. The number of benzene rings is 2. The number of β-amino-alcohol motifs (C(OH)–C–C–N with tert-alkyl or cyclic N) is 1. The maximum Gasteiger partial charge on any atom is 0.108 e. The zero-order valence-corrected chi connectivity index (χ0v) is 18.1. The van der Waals surface area contributed by atoms with Gasteiger partial charge in [-0.15, -0.1) is 24.0 Å². The maximum absolute atomic E-state index is 10.6. The fourth-order valence-corrected chi connectivity index (χ4v) is 4.73. The van der Waals surface area contributed by atoms with Crippen molar-refractivity contribution in [3.8, 4) is 0 Å². The molecule has 0 aromatic heterocycles. The maximum atomic E-state index is 10.6. The highest BCUT2D eigenvalue weighted by molar-refractivity contribution is 14.0. The molecule has 3 atom stereocenters. The molecule has 4 heteroatoms. The molecule has 0 amide bonds. The summed E-state index contributed by atoms with van der Waals surface area (Å²) < 4.78 is 6.22. The molecule has 3 nitrogen and oxygen atoms in total. The Hall–Kier alpha value is -0.950. The topological polar surface area (TPSA) is 32.7 Å². The molecule has 2 aliphatic rings. The molecule has 0 radical (unpaired) electrons. The molecule has 1 N–H and O–H groups in total. The third-order valence-corrected chi connectivity index (χ3v) is 5.98. The number of hydrogen-bond donors (Lipinski definition) is 1. The molecule has 1 saturated carbocycles. The van der Waals surface area contributed by atoms with Crippen molar-refractivity contribution >= 4 is 24.0 Å². The van der Waals surface area contributed by atoms with Gasteiger partial charge in [0.15, 0.2) is 0 Å². The van der Waals surface area contributed by atoms with E-state index in [1.54, 1.807) is 0 Å². The number of aliphatic hydroxyl groups excluding tert-OH is 1. The standard InChI is InChI=1S/C23H29NO2.HI/c25-21(16-24-15-14-18-12-7-13-22(18)24)17-26-23(19-8-3-1-4-9-19)20-10-5-2-6-11-20;/h1-6,8-11,18,21-23,25H,7,12-17H2;1H. The number of aliphatic hydroxyl groups is 1. The normalized spacial score (nSPS) is 23.2. The van der Waals surface area contributed by atoms with E-state index in [-0.39, 0.29) is 30.1 Å². The molecule has 0 bridgehead atoms. The molecular weight excluding hydrogens is 449 g/mol. The number of rotatable bonds is 7. The van der Waals surface area contributed by atoms with Gasteiger partial charge in [-0.2, -0.15) is 0 Å². The molecule has 2 aromatic carbocycles. The fourth-order valence-electron chi connectivity index (χ4n) is 4.73. The van der Waals surface area contributed by atoms with Crippen LogP contribution < -0.4 is 0 Å². The van der Waals surface area contributed by atoms with Crippen molar-refractivity contribution in [3.63, 3.8) is 0 Å². The molecule has 3 unspecified atom stereocenters. The highest BCUT2D eigenvalue weighted by atomic mass is 127. The van der Waals surface area contributed by atoms with Gasteiger partial charge in [0.05, 0.1) is 12.7 Å². The van der Waals surface area contributed by atoms with Crippen LogP contribution in [0.25, 0.3) is 0 Å². The Morgan fingerprint density at radius 2 is 1.56 bits per heavy atom. The van der Waals surface area contributed by atoms with E-state index in [2.05, 4.69) is 29.2 Å². The summed E-state index contributed by atoms with van der Waals surface area (Å²) in [5, 5.41) is 10.6. The first-order valence-corrected chi connectivity index (χ1v) is 9.95. The van der Waals surface area contributed by atoms with Gasteiger partial charge in [0.25, 0.3) is 0 Å². The van der Waals surface area contributed by atoms with E-state index < -0.39 is 6.10 Å². The number of likely N-dealkylation sites (tertiary alicyclic amines) is 1. The Kier molecular flexibility index (Phi) is 7.70. The summed E-state index contributed by atoms with van der Waals surface area (Å²) in [4.78, 5) is 2.49. The number of hydrogen-bond acceptors (Lipinski definition) is 3. The fraction of sp³-hybridized carbons (Fsp3) is 0.478. The molecule has 2 aromatic rings. The number of ether oxygens (including phenoxy) is 1. The Morgan fingerprint density at radius 3 is 2.19 bits per heavy atom. The molecule has 146 valence electrons. The second-order valence-electron chi connectivity index (χ2n) is 7.73.